The van der Waals surface area contributed by atoms with E-state index in [1.165, 1.54) is 38.5 Å². The fourth-order valence-corrected chi connectivity index (χ4v) is 4.45. The third-order valence-electron chi connectivity index (χ3n) is 5.31. The number of fused-ring (bicyclic) bond motifs is 1. The molecule has 2 heterocycles. The Morgan fingerprint density at radius 3 is 2.67 bits per heavy atom. The zero-order chi connectivity index (χ0) is 14.5. The fraction of sp³-hybridized carbons (Fsp3) is 0.938. The Hall–Kier alpha value is -0.390. The summed E-state index contributed by atoms with van der Waals surface area (Å²) in [6.07, 6.45) is 8.29. The van der Waals surface area contributed by atoms with Crippen LogP contribution in [0.25, 0.3) is 0 Å². The van der Waals surface area contributed by atoms with Gasteiger partial charge in [0.1, 0.15) is 0 Å². The highest BCUT2D eigenvalue weighted by atomic mass is 32.1. The van der Waals surface area contributed by atoms with E-state index in [2.05, 4.69) is 15.1 Å². The van der Waals surface area contributed by atoms with Crippen LogP contribution < -0.4 is 5.32 Å². The van der Waals surface area contributed by atoms with Crippen LogP contribution in [0.3, 0.4) is 0 Å². The quantitative estimate of drug-likeness (QED) is 0.803. The van der Waals surface area contributed by atoms with E-state index in [1.807, 2.05) is 0 Å². The second kappa shape index (κ2) is 7.75. The Labute approximate surface area is 134 Å². The highest BCUT2D eigenvalue weighted by Gasteiger charge is 2.34. The van der Waals surface area contributed by atoms with Gasteiger partial charge >= 0.3 is 0 Å². The molecule has 120 valence electrons. The third kappa shape index (κ3) is 4.08. The van der Waals surface area contributed by atoms with Crippen molar-refractivity contribution in [3.8, 4) is 0 Å². The van der Waals surface area contributed by atoms with Gasteiger partial charge in [0.15, 0.2) is 5.11 Å². The molecule has 1 N–H and O–H groups in total. The van der Waals surface area contributed by atoms with E-state index in [0.717, 1.165) is 63.0 Å². The minimum absolute atomic E-state index is 0.718. The average Bonchev–Trinajstić information content (AvgIpc) is 2.55. The third-order valence-corrected chi connectivity index (χ3v) is 5.69. The molecule has 2 aliphatic heterocycles. The standard InChI is InChI=1S/C16H29N3OS/c21-16(17-7-9-18-10-12-20-13-11-18)19-8-3-5-14-4-1-2-6-15(14)19/h14-15H,1-13H2,(H,17,21)/t14-,15-/m0/s1. The van der Waals surface area contributed by atoms with Crippen LogP contribution >= 0.6 is 12.2 Å². The van der Waals surface area contributed by atoms with Crippen molar-refractivity contribution in [1.29, 1.82) is 0 Å². The molecule has 1 saturated carbocycles. The van der Waals surface area contributed by atoms with Crippen LogP contribution in [-0.4, -0.2) is 66.9 Å². The Morgan fingerprint density at radius 1 is 1.05 bits per heavy atom. The first kappa shape index (κ1) is 15.5. The molecule has 3 fully saturated rings. The maximum atomic E-state index is 5.68. The number of hydrogen-bond donors (Lipinski definition) is 1. The predicted octanol–water partition coefficient (Wildman–Crippen LogP) is 1.85. The van der Waals surface area contributed by atoms with Crippen LogP contribution in [0.5, 0.6) is 0 Å². The van der Waals surface area contributed by atoms with E-state index in [4.69, 9.17) is 17.0 Å². The van der Waals surface area contributed by atoms with E-state index in [0.29, 0.717) is 0 Å². The van der Waals surface area contributed by atoms with E-state index < -0.39 is 0 Å². The number of likely N-dealkylation sites (tertiary alicyclic amines) is 1. The van der Waals surface area contributed by atoms with Gasteiger partial charge in [-0.3, -0.25) is 4.90 Å². The molecule has 2 atom stereocenters. The SMILES string of the molecule is S=C(NCCN1CCOCC1)N1CCC[C@@H]2CCCC[C@@H]21. The van der Waals surface area contributed by atoms with Crippen LogP contribution in [-0.2, 0) is 4.74 Å². The van der Waals surface area contributed by atoms with Crippen LogP contribution in [0.15, 0.2) is 0 Å². The molecular formula is C16H29N3OS. The number of nitrogens with one attached hydrogen (secondary N) is 1. The summed E-state index contributed by atoms with van der Waals surface area (Å²) < 4.78 is 5.39. The van der Waals surface area contributed by atoms with Crippen molar-refractivity contribution in [2.75, 3.05) is 45.9 Å². The van der Waals surface area contributed by atoms with E-state index in [1.54, 1.807) is 0 Å². The Kier molecular flexibility index (Phi) is 5.72. The molecule has 0 bridgehead atoms. The van der Waals surface area contributed by atoms with Crippen molar-refractivity contribution < 1.29 is 4.74 Å². The van der Waals surface area contributed by atoms with Crippen LogP contribution in [0.2, 0.25) is 0 Å². The summed E-state index contributed by atoms with van der Waals surface area (Å²) in [5, 5.41) is 4.51. The van der Waals surface area contributed by atoms with E-state index in [-0.39, 0.29) is 0 Å². The van der Waals surface area contributed by atoms with Crippen molar-refractivity contribution in [3.05, 3.63) is 0 Å². The lowest BCUT2D eigenvalue weighted by atomic mass is 9.78. The van der Waals surface area contributed by atoms with Crippen LogP contribution in [0, 0.1) is 5.92 Å². The molecule has 0 unspecified atom stereocenters. The van der Waals surface area contributed by atoms with Gasteiger partial charge in [-0.25, -0.2) is 0 Å². The van der Waals surface area contributed by atoms with Gasteiger partial charge < -0.3 is 15.0 Å². The minimum Gasteiger partial charge on any atom is -0.379 e. The molecule has 0 aromatic rings. The molecule has 0 spiro atoms. The predicted molar refractivity (Wildman–Crippen MR) is 89.5 cm³/mol. The zero-order valence-corrected chi connectivity index (χ0v) is 13.9. The smallest absolute Gasteiger partial charge is 0.169 e. The van der Waals surface area contributed by atoms with Gasteiger partial charge in [0.05, 0.1) is 13.2 Å². The fourth-order valence-electron chi connectivity index (χ4n) is 4.12. The van der Waals surface area contributed by atoms with Crippen LogP contribution in [0.4, 0.5) is 0 Å². The summed E-state index contributed by atoms with van der Waals surface area (Å²) in [5.74, 6) is 0.895. The van der Waals surface area contributed by atoms with Crippen molar-refractivity contribution in [2.45, 2.75) is 44.6 Å². The molecule has 0 amide bonds. The molecule has 4 nitrogen and oxygen atoms in total. The molecule has 21 heavy (non-hydrogen) atoms. The van der Waals surface area contributed by atoms with Gasteiger partial charge in [-0.2, -0.15) is 0 Å². The molecule has 0 aromatic heterocycles. The lowest BCUT2D eigenvalue weighted by Gasteiger charge is -2.45. The molecule has 0 radical (unpaired) electrons. The molecule has 2 saturated heterocycles. The summed E-state index contributed by atoms with van der Waals surface area (Å²) in [6, 6.07) is 0.718. The second-order valence-corrected chi connectivity index (χ2v) is 7.02. The van der Waals surface area contributed by atoms with E-state index in [9.17, 15) is 0 Å². The zero-order valence-electron chi connectivity index (χ0n) is 13.1. The first-order chi connectivity index (χ1) is 10.3. The largest absolute Gasteiger partial charge is 0.379 e. The Morgan fingerprint density at radius 2 is 1.81 bits per heavy atom. The van der Waals surface area contributed by atoms with Gasteiger partial charge in [0.2, 0.25) is 0 Å². The molecule has 5 heteroatoms. The Balaban J connectivity index is 1.43. The molecular weight excluding hydrogens is 282 g/mol. The van der Waals surface area contributed by atoms with Gasteiger partial charge in [-0.15, -0.1) is 0 Å². The highest BCUT2D eigenvalue weighted by molar-refractivity contribution is 7.80. The lowest BCUT2D eigenvalue weighted by Crippen LogP contribution is -2.54. The first-order valence-corrected chi connectivity index (χ1v) is 9.10. The summed E-state index contributed by atoms with van der Waals surface area (Å²) in [5.41, 5.74) is 0. The topological polar surface area (TPSA) is 27.7 Å². The number of nitrogens with zero attached hydrogens (tertiary/aromatic N) is 2. The summed E-state index contributed by atoms with van der Waals surface area (Å²) in [4.78, 5) is 4.96. The average molecular weight is 311 g/mol. The number of rotatable bonds is 3. The van der Waals surface area contributed by atoms with Crippen molar-refractivity contribution in [3.63, 3.8) is 0 Å². The molecule has 3 aliphatic rings. The number of hydrogen-bond acceptors (Lipinski definition) is 3. The monoisotopic (exact) mass is 311 g/mol. The summed E-state index contributed by atoms with van der Waals surface area (Å²) >= 11 is 5.68. The van der Waals surface area contributed by atoms with Gasteiger partial charge in [0, 0.05) is 38.8 Å². The van der Waals surface area contributed by atoms with Gasteiger partial charge in [-0.1, -0.05) is 12.8 Å². The van der Waals surface area contributed by atoms with Crippen molar-refractivity contribution >= 4 is 17.3 Å². The lowest BCUT2D eigenvalue weighted by molar-refractivity contribution is 0.0387. The summed E-state index contributed by atoms with van der Waals surface area (Å²) in [6.45, 7) is 7.06. The summed E-state index contributed by atoms with van der Waals surface area (Å²) in [7, 11) is 0. The van der Waals surface area contributed by atoms with Crippen molar-refractivity contribution in [2.24, 2.45) is 5.92 Å². The van der Waals surface area contributed by atoms with Crippen molar-refractivity contribution in [1.82, 2.24) is 15.1 Å². The normalized spacial score (nSPS) is 30.8. The van der Waals surface area contributed by atoms with Gasteiger partial charge in [0.25, 0.3) is 0 Å². The molecule has 1 aliphatic carbocycles. The molecule has 3 rings (SSSR count). The first-order valence-electron chi connectivity index (χ1n) is 8.69. The number of ether oxygens (including phenoxy) is 1. The number of thiocarbonyl (C=S) groups is 1. The maximum absolute atomic E-state index is 5.68. The maximum Gasteiger partial charge on any atom is 0.169 e. The van der Waals surface area contributed by atoms with E-state index >= 15 is 0 Å². The number of morpholine rings is 1. The molecule has 0 aromatic carbocycles. The number of piperidine rings is 1. The van der Waals surface area contributed by atoms with Crippen LogP contribution in [0.1, 0.15) is 38.5 Å². The highest BCUT2D eigenvalue weighted by Crippen LogP contribution is 2.35. The second-order valence-electron chi connectivity index (χ2n) is 6.63. The van der Waals surface area contributed by atoms with Gasteiger partial charge in [-0.05, 0) is 43.8 Å². The minimum atomic E-state index is 0.718. The Bertz CT molecular complexity index is 344.